The van der Waals surface area contributed by atoms with Gasteiger partial charge in [-0.1, -0.05) is 0 Å². The van der Waals surface area contributed by atoms with E-state index in [1.165, 1.54) is 0 Å². The number of nitrogens with zero attached hydrogens (tertiary/aromatic N) is 3. The minimum absolute atomic E-state index is 0. The van der Waals surface area contributed by atoms with E-state index in [1.807, 2.05) is 12.1 Å². The van der Waals surface area contributed by atoms with Crippen LogP contribution in [0.25, 0.3) is 0 Å². The van der Waals surface area contributed by atoms with Crippen molar-refractivity contribution in [2.24, 2.45) is 0 Å². The van der Waals surface area contributed by atoms with Gasteiger partial charge in [0, 0.05) is 38.4 Å². The highest BCUT2D eigenvalue weighted by Crippen LogP contribution is 2.06. The summed E-state index contributed by atoms with van der Waals surface area (Å²) >= 11 is 0. The predicted molar refractivity (Wildman–Crippen MR) is 69.3 cm³/mol. The van der Waals surface area contributed by atoms with Crippen molar-refractivity contribution in [1.82, 2.24) is 20.4 Å². The molecule has 1 aliphatic heterocycles. The zero-order valence-electron chi connectivity index (χ0n) is 9.30. The van der Waals surface area contributed by atoms with Crippen LogP contribution >= 0.6 is 24.8 Å². The second kappa shape index (κ2) is 7.79. The molecule has 0 aromatic carbocycles. The second-order valence-electron chi connectivity index (χ2n) is 3.74. The van der Waals surface area contributed by atoms with Gasteiger partial charge in [0.2, 0.25) is 0 Å². The SMILES string of the molecule is C[C@H]1CNCCN1Cc1cccnn1.Cl.Cl. The third-order valence-electron chi connectivity index (χ3n) is 2.63. The smallest absolute Gasteiger partial charge is 0.0771 e. The van der Waals surface area contributed by atoms with E-state index >= 15 is 0 Å². The molecule has 2 rings (SSSR count). The van der Waals surface area contributed by atoms with Gasteiger partial charge in [0.25, 0.3) is 0 Å². The summed E-state index contributed by atoms with van der Waals surface area (Å²) in [6.07, 6.45) is 1.71. The summed E-state index contributed by atoms with van der Waals surface area (Å²) in [4.78, 5) is 2.43. The normalized spacial score (nSPS) is 20.7. The first-order chi connectivity index (χ1) is 6.86. The Bertz CT molecular complexity index is 283. The highest BCUT2D eigenvalue weighted by molar-refractivity contribution is 5.85. The first-order valence-electron chi connectivity index (χ1n) is 5.07. The Morgan fingerprint density at radius 3 is 2.94 bits per heavy atom. The molecule has 16 heavy (non-hydrogen) atoms. The van der Waals surface area contributed by atoms with Crippen molar-refractivity contribution in [2.45, 2.75) is 19.5 Å². The Labute approximate surface area is 109 Å². The van der Waals surface area contributed by atoms with Crippen molar-refractivity contribution in [3.63, 3.8) is 0 Å². The summed E-state index contributed by atoms with van der Waals surface area (Å²) in [6.45, 7) is 6.39. The van der Waals surface area contributed by atoms with Gasteiger partial charge in [-0.05, 0) is 19.1 Å². The molecular formula is C10H18Cl2N4. The van der Waals surface area contributed by atoms with Crippen LogP contribution in [0.15, 0.2) is 18.3 Å². The van der Waals surface area contributed by atoms with Crippen LogP contribution < -0.4 is 5.32 Å². The zero-order chi connectivity index (χ0) is 9.80. The van der Waals surface area contributed by atoms with Gasteiger partial charge in [-0.3, -0.25) is 4.90 Å². The lowest BCUT2D eigenvalue weighted by Crippen LogP contribution is -2.49. The first kappa shape index (κ1) is 15.6. The minimum Gasteiger partial charge on any atom is -0.314 e. The number of rotatable bonds is 2. The van der Waals surface area contributed by atoms with E-state index in [2.05, 4.69) is 27.3 Å². The molecular weight excluding hydrogens is 247 g/mol. The molecule has 6 heteroatoms. The Hall–Kier alpha value is -0.420. The van der Waals surface area contributed by atoms with Crippen LogP contribution in [0.2, 0.25) is 0 Å². The molecule has 0 unspecified atom stereocenters. The fraction of sp³-hybridized carbons (Fsp3) is 0.600. The molecule has 2 heterocycles. The van der Waals surface area contributed by atoms with Crippen LogP contribution in [-0.4, -0.2) is 40.8 Å². The molecule has 1 aromatic heterocycles. The molecule has 1 atom stereocenters. The Balaban J connectivity index is 0.00000112. The van der Waals surface area contributed by atoms with Gasteiger partial charge in [0.15, 0.2) is 0 Å². The summed E-state index contributed by atoms with van der Waals surface area (Å²) < 4.78 is 0. The number of hydrogen-bond donors (Lipinski definition) is 1. The molecule has 1 fully saturated rings. The number of nitrogens with one attached hydrogen (secondary N) is 1. The Kier molecular flexibility index (Phi) is 7.58. The molecule has 0 amide bonds. The molecule has 4 nitrogen and oxygen atoms in total. The van der Waals surface area contributed by atoms with Crippen LogP contribution in [0.3, 0.4) is 0 Å². The van der Waals surface area contributed by atoms with Crippen molar-refractivity contribution in [3.8, 4) is 0 Å². The third-order valence-corrected chi connectivity index (χ3v) is 2.63. The lowest BCUT2D eigenvalue weighted by atomic mass is 10.2. The van der Waals surface area contributed by atoms with Gasteiger partial charge in [0.05, 0.1) is 5.69 Å². The monoisotopic (exact) mass is 264 g/mol. The van der Waals surface area contributed by atoms with E-state index in [-0.39, 0.29) is 24.8 Å². The van der Waals surface area contributed by atoms with E-state index in [4.69, 9.17) is 0 Å². The molecule has 1 aliphatic rings. The van der Waals surface area contributed by atoms with E-state index in [9.17, 15) is 0 Å². The summed E-state index contributed by atoms with van der Waals surface area (Å²) in [5.41, 5.74) is 1.06. The first-order valence-corrected chi connectivity index (χ1v) is 5.07. The number of halogens is 2. The van der Waals surface area contributed by atoms with Gasteiger partial charge < -0.3 is 5.32 Å². The fourth-order valence-electron chi connectivity index (χ4n) is 1.74. The van der Waals surface area contributed by atoms with E-state index < -0.39 is 0 Å². The summed E-state index contributed by atoms with van der Waals surface area (Å²) in [7, 11) is 0. The van der Waals surface area contributed by atoms with Crippen molar-refractivity contribution in [2.75, 3.05) is 19.6 Å². The highest BCUT2D eigenvalue weighted by Gasteiger charge is 2.17. The molecule has 0 saturated carbocycles. The molecule has 0 spiro atoms. The topological polar surface area (TPSA) is 41.0 Å². The van der Waals surface area contributed by atoms with E-state index in [1.54, 1.807) is 6.20 Å². The fourth-order valence-corrected chi connectivity index (χ4v) is 1.74. The molecule has 92 valence electrons. The lowest BCUT2D eigenvalue weighted by molar-refractivity contribution is 0.163. The number of hydrogen-bond acceptors (Lipinski definition) is 4. The maximum atomic E-state index is 4.10. The molecule has 1 aromatic rings. The van der Waals surface area contributed by atoms with Gasteiger partial charge in [-0.2, -0.15) is 10.2 Å². The van der Waals surface area contributed by atoms with Crippen LogP contribution in [0.4, 0.5) is 0 Å². The van der Waals surface area contributed by atoms with Crippen LogP contribution in [0, 0.1) is 0 Å². The minimum atomic E-state index is 0. The Morgan fingerprint density at radius 2 is 2.31 bits per heavy atom. The van der Waals surface area contributed by atoms with Crippen molar-refractivity contribution in [3.05, 3.63) is 24.0 Å². The summed E-state index contributed by atoms with van der Waals surface area (Å²) in [5.74, 6) is 0. The van der Waals surface area contributed by atoms with Gasteiger partial charge in [0.1, 0.15) is 0 Å². The molecule has 1 N–H and O–H groups in total. The summed E-state index contributed by atoms with van der Waals surface area (Å²) in [5, 5.41) is 11.4. The maximum absolute atomic E-state index is 4.10. The number of aromatic nitrogens is 2. The molecule has 0 radical (unpaired) electrons. The van der Waals surface area contributed by atoms with Crippen molar-refractivity contribution >= 4 is 24.8 Å². The molecule has 0 bridgehead atoms. The van der Waals surface area contributed by atoms with Crippen molar-refractivity contribution in [1.29, 1.82) is 0 Å². The largest absolute Gasteiger partial charge is 0.314 e. The van der Waals surface area contributed by atoms with Crippen LogP contribution in [0.1, 0.15) is 12.6 Å². The standard InChI is InChI=1S/C10H16N4.2ClH/c1-9-7-11-5-6-14(9)8-10-3-2-4-12-13-10;;/h2-4,9,11H,5-8H2,1H3;2*1H/t9-;;/m0../s1. The average Bonchev–Trinajstić information content (AvgIpc) is 2.23. The van der Waals surface area contributed by atoms with Gasteiger partial charge in [-0.25, -0.2) is 0 Å². The van der Waals surface area contributed by atoms with Gasteiger partial charge in [-0.15, -0.1) is 24.8 Å². The quantitative estimate of drug-likeness (QED) is 0.869. The summed E-state index contributed by atoms with van der Waals surface area (Å²) in [6, 6.07) is 4.56. The van der Waals surface area contributed by atoms with E-state index in [0.717, 1.165) is 31.9 Å². The predicted octanol–water partition coefficient (Wildman–Crippen LogP) is 1.11. The highest BCUT2D eigenvalue weighted by atomic mass is 35.5. The van der Waals surface area contributed by atoms with E-state index in [0.29, 0.717) is 6.04 Å². The third kappa shape index (κ3) is 4.22. The zero-order valence-corrected chi connectivity index (χ0v) is 10.9. The van der Waals surface area contributed by atoms with Crippen molar-refractivity contribution < 1.29 is 0 Å². The number of piperazine rings is 1. The maximum Gasteiger partial charge on any atom is 0.0771 e. The van der Waals surface area contributed by atoms with Crippen LogP contribution in [0.5, 0.6) is 0 Å². The van der Waals surface area contributed by atoms with Crippen LogP contribution in [-0.2, 0) is 6.54 Å². The molecule has 0 aliphatic carbocycles. The lowest BCUT2D eigenvalue weighted by Gasteiger charge is -2.33. The Morgan fingerprint density at radius 1 is 1.50 bits per heavy atom. The van der Waals surface area contributed by atoms with Gasteiger partial charge >= 0.3 is 0 Å². The molecule has 1 saturated heterocycles. The second-order valence-corrected chi connectivity index (χ2v) is 3.74. The average molecular weight is 265 g/mol.